The lowest BCUT2D eigenvalue weighted by Gasteiger charge is -2.31. The second-order valence-electron chi connectivity index (χ2n) is 7.84. The highest BCUT2D eigenvalue weighted by atomic mass is 32.2. The third kappa shape index (κ3) is 3.08. The molecule has 4 nitrogen and oxygen atoms in total. The molecule has 2 aromatic rings. The van der Waals surface area contributed by atoms with E-state index < -0.39 is 10.0 Å². The first kappa shape index (κ1) is 18.0. The molecule has 26 heavy (non-hydrogen) atoms. The normalized spacial score (nSPS) is 29.3. The molecule has 2 fully saturated rings. The molecule has 1 saturated carbocycles. The molecule has 4 rings (SSSR count). The third-order valence-corrected chi connectivity index (χ3v) is 7.85. The second kappa shape index (κ2) is 6.36. The molecule has 0 spiro atoms. The molecule has 1 aromatic carbocycles. The highest BCUT2D eigenvalue weighted by Gasteiger charge is 2.66. The highest BCUT2D eigenvalue weighted by molar-refractivity contribution is 7.92. The first-order chi connectivity index (χ1) is 12.3. The zero-order valence-corrected chi connectivity index (χ0v) is 17.1. The zero-order chi connectivity index (χ0) is 18.5. The number of sulfonamides is 1. The molecule has 0 amide bonds. The maximum absolute atomic E-state index is 11.5. The van der Waals surface area contributed by atoms with Gasteiger partial charge in [0.05, 0.1) is 6.26 Å². The molecule has 140 valence electrons. The highest BCUT2D eigenvalue weighted by Crippen LogP contribution is 2.64. The number of nitrogens with zero attached hydrogens (tertiary/aromatic N) is 1. The van der Waals surface area contributed by atoms with E-state index in [1.807, 2.05) is 29.5 Å². The lowest BCUT2D eigenvalue weighted by Crippen LogP contribution is -2.32. The van der Waals surface area contributed by atoms with Crippen LogP contribution in [0.4, 0.5) is 5.69 Å². The van der Waals surface area contributed by atoms with Gasteiger partial charge in [-0.05, 0) is 47.4 Å². The molecule has 1 aliphatic carbocycles. The second-order valence-corrected chi connectivity index (χ2v) is 10.6. The number of thiophene rings is 1. The van der Waals surface area contributed by atoms with Gasteiger partial charge in [0.25, 0.3) is 0 Å². The minimum Gasteiger partial charge on any atom is -0.295 e. The average Bonchev–Trinajstić information content (AvgIpc) is 3.03. The van der Waals surface area contributed by atoms with Gasteiger partial charge >= 0.3 is 0 Å². The SMILES string of the molecule is CCC(c1cccs1)N1CC2C(C1)C2(C)c1cccc(NS(C)(=O)=O)c1. The van der Waals surface area contributed by atoms with Crippen molar-refractivity contribution >= 4 is 27.0 Å². The maximum atomic E-state index is 11.5. The Morgan fingerprint density at radius 2 is 2.00 bits per heavy atom. The first-order valence-electron chi connectivity index (χ1n) is 9.18. The Labute approximate surface area is 160 Å². The minimum atomic E-state index is -3.24. The van der Waals surface area contributed by atoms with Crippen molar-refractivity contribution in [2.75, 3.05) is 24.1 Å². The number of hydrogen-bond donors (Lipinski definition) is 1. The van der Waals surface area contributed by atoms with Crippen LogP contribution in [0.5, 0.6) is 0 Å². The number of nitrogens with one attached hydrogen (secondary N) is 1. The van der Waals surface area contributed by atoms with Gasteiger partial charge in [0, 0.05) is 35.1 Å². The summed E-state index contributed by atoms with van der Waals surface area (Å²) >= 11 is 1.86. The number of rotatable bonds is 6. The van der Waals surface area contributed by atoms with E-state index in [1.165, 1.54) is 16.7 Å². The summed E-state index contributed by atoms with van der Waals surface area (Å²) in [6.07, 6.45) is 2.34. The largest absolute Gasteiger partial charge is 0.295 e. The summed E-state index contributed by atoms with van der Waals surface area (Å²) in [7, 11) is -3.24. The van der Waals surface area contributed by atoms with Crippen LogP contribution in [-0.4, -0.2) is 32.7 Å². The molecule has 3 unspecified atom stereocenters. The van der Waals surface area contributed by atoms with Crippen molar-refractivity contribution in [1.82, 2.24) is 4.90 Å². The number of fused-ring (bicyclic) bond motifs is 1. The van der Waals surface area contributed by atoms with Crippen molar-refractivity contribution in [3.8, 4) is 0 Å². The van der Waals surface area contributed by atoms with Gasteiger partial charge in [-0.25, -0.2) is 8.42 Å². The predicted octanol–water partition coefficient (Wildman–Crippen LogP) is 4.09. The van der Waals surface area contributed by atoms with Crippen LogP contribution in [0.15, 0.2) is 41.8 Å². The Balaban J connectivity index is 1.50. The summed E-state index contributed by atoms with van der Waals surface area (Å²) in [6, 6.07) is 12.9. The third-order valence-electron chi connectivity index (χ3n) is 6.27. The standard InChI is InChI=1S/C20H26N2O2S2/c1-4-18(19-9-6-10-25-19)22-12-16-17(13-22)20(16,2)14-7-5-8-15(11-14)21-26(3,23)24/h5-11,16-18,21H,4,12-13H2,1-3H3. The van der Waals surface area contributed by atoms with Crippen LogP contribution in [-0.2, 0) is 15.4 Å². The van der Waals surface area contributed by atoms with E-state index in [1.54, 1.807) is 0 Å². The Morgan fingerprint density at radius 3 is 2.58 bits per heavy atom. The van der Waals surface area contributed by atoms with E-state index in [4.69, 9.17) is 0 Å². The molecule has 3 atom stereocenters. The van der Waals surface area contributed by atoms with Crippen molar-refractivity contribution in [1.29, 1.82) is 0 Å². The fraction of sp³-hybridized carbons (Fsp3) is 0.500. The van der Waals surface area contributed by atoms with E-state index in [2.05, 4.69) is 47.0 Å². The molecular weight excluding hydrogens is 364 g/mol. The lowest BCUT2D eigenvalue weighted by atomic mass is 9.91. The van der Waals surface area contributed by atoms with Gasteiger partial charge in [-0.3, -0.25) is 9.62 Å². The summed E-state index contributed by atoms with van der Waals surface area (Å²) in [5, 5.41) is 2.17. The Kier molecular flexibility index (Phi) is 4.40. The molecule has 1 N–H and O–H groups in total. The monoisotopic (exact) mass is 390 g/mol. The van der Waals surface area contributed by atoms with Crippen LogP contribution >= 0.6 is 11.3 Å². The van der Waals surface area contributed by atoms with Gasteiger partial charge in [0.15, 0.2) is 0 Å². The molecule has 1 saturated heterocycles. The van der Waals surface area contributed by atoms with Gasteiger partial charge in [-0.15, -0.1) is 11.3 Å². The van der Waals surface area contributed by atoms with Gasteiger partial charge in [0.2, 0.25) is 10.0 Å². The Morgan fingerprint density at radius 1 is 1.27 bits per heavy atom. The molecule has 2 heterocycles. The molecule has 1 aliphatic heterocycles. The molecule has 0 bridgehead atoms. The summed E-state index contributed by atoms with van der Waals surface area (Å²) in [5.74, 6) is 1.31. The van der Waals surface area contributed by atoms with Crippen molar-refractivity contribution in [2.24, 2.45) is 11.8 Å². The van der Waals surface area contributed by atoms with Crippen molar-refractivity contribution in [2.45, 2.75) is 31.7 Å². The van der Waals surface area contributed by atoms with Crippen molar-refractivity contribution < 1.29 is 8.42 Å². The van der Waals surface area contributed by atoms with Crippen molar-refractivity contribution in [3.05, 3.63) is 52.2 Å². The van der Waals surface area contributed by atoms with Crippen molar-refractivity contribution in [3.63, 3.8) is 0 Å². The molecular formula is C20H26N2O2S2. The Bertz CT molecular complexity index is 880. The number of anilines is 1. The molecule has 0 radical (unpaired) electrons. The maximum Gasteiger partial charge on any atom is 0.229 e. The van der Waals surface area contributed by atoms with E-state index in [0.29, 0.717) is 23.6 Å². The van der Waals surface area contributed by atoms with Gasteiger partial charge in [-0.2, -0.15) is 0 Å². The van der Waals surface area contributed by atoms with E-state index in [9.17, 15) is 8.42 Å². The number of benzene rings is 1. The van der Waals surface area contributed by atoms with Crippen LogP contribution in [0.25, 0.3) is 0 Å². The van der Waals surface area contributed by atoms with E-state index in [0.717, 1.165) is 19.5 Å². The molecule has 1 aromatic heterocycles. The summed E-state index contributed by atoms with van der Waals surface area (Å²) in [4.78, 5) is 4.11. The Hall–Kier alpha value is -1.37. The fourth-order valence-corrected chi connectivity index (χ4v) is 6.35. The van der Waals surface area contributed by atoms with Crippen LogP contribution in [0.3, 0.4) is 0 Å². The first-order valence-corrected chi connectivity index (χ1v) is 12.0. The topological polar surface area (TPSA) is 49.4 Å². The van der Waals surface area contributed by atoms with Crippen LogP contribution in [0.2, 0.25) is 0 Å². The average molecular weight is 391 g/mol. The van der Waals surface area contributed by atoms with Gasteiger partial charge < -0.3 is 0 Å². The molecule has 6 heteroatoms. The summed E-state index contributed by atoms with van der Waals surface area (Å²) in [5.41, 5.74) is 2.09. The zero-order valence-electron chi connectivity index (χ0n) is 15.5. The van der Waals surface area contributed by atoms with Gasteiger partial charge in [-0.1, -0.05) is 32.0 Å². The van der Waals surface area contributed by atoms with E-state index >= 15 is 0 Å². The summed E-state index contributed by atoms with van der Waals surface area (Å²) < 4.78 is 25.6. The van der Waals surface area contributed by atoms with Crippen LogP contribution in [0, 0.1) is 11.8 Å². The van der Waals surface area contributed by atoms with E-state index in [-0.39, 0.29) is 5.41 Å². The van der Waals surface area contributed by atoms with Crippen LogP contribution in [0.1, 0.15) is 36.8 Å². The lowest BCUT2D eigenvalue weighted by molar-refractivity contribution is 0.201. The smallest absolute Gasteiger partial charge is 0.229 e. The fourth-order valence-electron chi connectivity index (χ4n) is 4.85. The summed E-state index contributed by atoms with van der Waals surface area (Å²) in [6.45, 7) is 6.86. The van der Waals surface area contributed by atoms with Crippen LogP contribution < -0.4 is 4.72 Å². The number of likely N-dealkylation sites (tertiary alicyclic amines) is 1. The molecule has 2 aliphatic rings. The minimum absolute atomic E-state index is 0.166. The quantitative estimate of drug-likeness (QED) is 0.808. The predicted molar refractivity (Wildman–Crippen MR) is 108 cm³/mol. The number of piperidine rings is 1. The number of hydrogen-bond acceptors (Lipinski definition) is 4. The van der Waals surface area contributed by atoms with Gasteiger partial charge in [0.1, 0.15) is 0 Å².